The zero-order valence-electron chi connectivity index (χ0n) is 12.4. The average molecular weight is 289 g/mol. The van der Waals surface area contributed by atoms with Crippen molar-refractivity contribution in [2.75, 3.05) is 12.8 Å². The molecule has 0 atom stereocenters. The van der Waals surface area contributed by atoms with Gasteiger partial charge in [0, 0.05) is 18.8 Å². The molecule has 0 bridgehead atoms. The molecular weight excluding hydrogens is 270 g/mol. The molecule has 0 saturated heterocycles. The van der Waals surface area contributed by atoms with Gasteiger partial charge in [0.2, 0.25) is 0 Å². The number of anilines is 1. The minimum Gasteiger partial charge on any atom is -0.486 e. The van der Waals surface area contributed by atoms with Crippen molar-refractivity contribution in [3.8, 4) is 5.75 Å². The van der Waals surface area contributed by atoms with Crippen LogP contribution >= 0.6 is 0 Å². The minimum absolute atomic E-state index is 0.303. The number of benzene rings is 1. The van der Waals surface area contributed by atoms with Gasteiger partial charge in [0.05, 0.1) is 18.5 Å². The summed E-state index contributed by atoms with van der Waals surface area (Å²) in [7, 11) is 3.19. The Morgan fingerprint density at radius 2 is 2.14 bits per heavy atom. The molecule has 2 rings (SSSR count). The second kappa shape index (κ2) is 6.30. The van der Waals surface area contributed by atoms with Crippen molar-refractivity contribution in [1.82, 2.24) is 9.78 Å². The summed E-state index contributed by atoms with van der Waals surface area (Å²) >= 11 is 0. The highest BCUT2D eigenvalue weighted by Gasteiger charge is 2.14. The number of carbonyl (C=O) groups excluding carboxylic acids is 1. The first-order valence-electron chi connectivity index (χ1n) is 6.67. The monoisotopic (exact) mass is 289 g/mol. The van der Waals surface area contributed by atoms with Crippen molar-refractivity contribution in [3.05, 3.63) is 41.2 Å². The largest absolute Gasteiger partial charge is 0.486 e. The number of methoxy groups -OCH3 is 1. The second-order valence-corrected chi connectivity index (χ2v) is 4.64. The summed E-state index contributed by atoms with van der Waals surface area (Å²) in [6, 6.07) is 6.82. The molecule has 0 unspecified atom stereocenters. The lowest BCUT2D eigenvalue weighted by atomic mass is 10.2. The quantitative estimate of drug-likeness (QED) is 0.672. The van der Waals surface area contributed by atoms with Crippen molar-refractivity contribution in [1.29, 1.82) is 0 Å². The maximum absolute atomic E-state index is 11.7. The van der Waals surface area contributed by atoms with E-state index in [1.165, 1.54) is 7.11 Å². The highest BCUT2D eigenvalue weighted by Crippen LogP contribution is 2.23. The molecule has 6 nitrogen and oxygen atoms in total. The standard InChI is InChI=1S/C15H19N3O3/c1-4-11-8-12(18(2)17-11)9-21-14-7-10(16)5-6-13(14)15(19)20-3/h5-8H,4,9,16H2,1-3H3. The van der Waals surface area contributed by atoms with E-state index in [0.717, 1.165) is 17.8 Å². The lowest BCUT2D eigenvalue weighted by Gasteiger charge is -2.11. The van der Waals surface area contributed by atoms with E-state index in [1.54, 1.807) is 22.9 Å². The van der Waals surface area contributed by atoms with Crippen LogP contribution < -0.4 is 10.5 Å². The van der Waals surface area contributed by atoms with E-state index in [9.17, 15) is 4.79 Å². The molecule has 0 radical (unpaired) electrons. The molecule has 0 amide bonds. The zero-order valence-corrected chi connectivity index (χ0v) is 12.4. The fraction of sp³-hybridized carbons (Fsp3) is 0.333. The summed E-state index contributed by atoms with van der Waals surface area (Å²) in [4.78, 5) is 11.7. The van der Waals surface area contributed by atoms with Gasteiger partial charge in [0.15, 0.2) is 0 Å². The molecule has 0 fully saturated rings. The Morgan fingerprint density at radius 1 is 1.38 bits per heavy atom. The van der Waals surface area contributed by atoms with Crippen molar-refractivity contribution in [2.45, 2.75) is 20.0 Å². The van der Waals surface area contributed by atoms with Crippen LogP contribution in [0.15, 0.2) is 24.3 Å². The molecule has 0 spiro atoms. The van der Waals surface area contributed by atoms with Gasteiger partial charge in [-0.05, 0) is 24.6 Å². The maximum atomic E-state index is 11.7. The van der Waals surface area contributed by atoms with Gasteiger partial charge in [-0.25, -0.2) is 4.79 Å². The molecule has 0 saturated carbocycles. The average Bonchev–Trinajstić information content (AvgIpc) is 2.85. The number of esters is 1. The summed E-state index contributed by atoms with van der Waals surface area (Å²) in [5, 5.41) is 4.35. The Labute approximate surface area is 123 Å². The molecule has 2 N–H and O–H groups in total. The van der Waals surface area contributed by atoms with Crippen LogP contribution in [0.1, 0.15) is 28.7 Å². The van der Waals surface area contributed by atoms with Crippen molar-refractivity contribution >= 4 is 11.7 Å². The van der Waals surface area contributed by atoms with Gasteiger partial charge in [0.25, 0.3) is 0 Å². The van der Waals surface area contributed by atoms with Crippen LogP contribution in [-0.4, -0.2) is 22.9 Å². The summed E-state index contributed by atoms with van der Waals surface area (Å²) in [6.45, 7) is 2.34. The molecule has 1 heterocycles. The molecule has 6 heteroatoms. The first-order chi connectivity index (χ1) is 10.0. The fourth-order valence-electron chi connectivity index (χ4n) is 1.97. The van der Waals surface area contributed by atoms with E-state index in [-0.39, 0.29) is 0 Å². The summed E-state index contributed by atoms with van der Waals surface area (Å²) in [6.07, 6.45) is 0.861. The Morgan fingerprint density at radius 3 is 2.76 bits per heavy atom. The Bertz CT molecular complexity index is 650. The Kier molecular flexibility index (Phi) is 4.47. The molecule has 1 aromatic carbocycles. The van der Waals surface area contributed by atoms with Crippen LogP contribution in [0, 0.1) is 0 Å². The Balaban J connectivity index is 2.20. The van der Waals surface area contributed by atoms with E-state index in [1.807, 2.05) is 20.0 Å². The van der Waals surface area contributed by atoms with Crippen molar-refractivity contribution in [2.24, 2.45) is 7.05 Å². The van der Waals surface area contributed by atoms with Crippen LogP contribution in [0.5, 0.6) is 5.75 Å². The summed E-state index contributed by atoms with van der Waals surface area (Å²) in [5.41, 5.74) is 8.54. The summed E-state index contributed by atoms with van der Waals surface area (Å²) in [5.74, 6) is -0.0506. The highest BCUT2D eigenvalue weighted by atomic mass is 16.5. The molecule has 1 aromatic heterocycles. The smallest absolute Gasteiger partial charge is 0.341 e. The number of nitrogens with zero attached hydrogens (tertiary/aromatic N) is 2. The van der Waals surface area contributed by atoms with Gasteiger partial charge >= 0.3 is 5.97 Å². The number of nitrogens with two attached hydrogens (primary N) is 1. The van der Waals surface area contributed by atoms with Gasteiger partial charge in [-0.2, -0.15) is 5.10 Å². The molecule has 0 aliphatic rings. The van der Waals surface area contributed by atoms with Crippen LogP contribution in [0.2, 0.25) is 0 Å². The minimum atomic E-state index is -0.454. The zero-order chi connectivity index (χ0) is 15.4. The molecule has 21 heavy (non-hydrogen) atoms. The molecular formula is C15H19N3O3. The third-order valence-electron chi connectivity index (χ3n) is 3.18. The number of rotatable bonds is 5. The third kappa shape index (κ3) is 3.34. The van der Waals surface area contributed by atoms with Crippen LogP contribution in [0.3, 0.4) is 0 Å². The topological polar surface area (TPSA) is 79.4 Å². The normalized spacial score (nSPS) is 10.4. The van der Waals surface area contributed by atoms with Crippen LogP contribution in [-0.2, 0) is 24.8 Å². The van der Waals surface area contributed by atoms with E-state index < -0.39 is 5.97 Å². The predicted molar refractivity (Wildman–Crippen MR) is 79.1 cm³/mol. The van der Waals surface area contributed by atoms with E-state index in [2.05, 4.69) is 5.10 Å². The van der Waals surface area contributed by atoms with Gasteiger partial charge in [-0.1, -0.05) is 6.92 Å². The second-order valence-electron chi connectivity index (χ2n) is 4.64. The van der Waals surface area contributed by atoms with Gasteiger partial charge in [-0.15, -0.1) is 0 Å². The molecule has 2 aromatic rings. The Hall–Kier alpha value is -2.50. The summed E-state index contributed by atoms with van der Waals surface area (Å²) < 4.78 is 12.2. The lowest BCUT2D eigenvalue weighted by molar-refractivity contribution is 0.0595. The number of nitrogen functional groups attached to an aromatic ring is 1. The number of hydrogen-bond acceptors (Lipinski definition) is 5. The molecule has 0 aliphatic carbocycles. The first-order valence-corrected chi connectivity index (χ1v) is 6.67. The van der Waals surface area contributed by atoms with E-state index in [0.29, 0.717) is 23.6 Å². The number of ether oxygens (including phenoxy) is 2. The van der Waals surface area contributed by atoms with Gasteiger partial charge in [0.1, 0.15) is 17.9 Å². The van der Waals surface area contributed by atoms with E-state index in [4.69, 9.17) is 15.2 Å². The van der Waals surface area contributed by atoms with Gasteiger partial charge < -0.3 is 15.2 Å². The highest BCUT2D eigenvalue weighted by molar-refractivity contribution is 5.93. The van der Waals surface area contributed by atoms with Crippen molar-refractivity contribution in [3.63, 3.8) is 0 Å². The molecule has 112 valence electrons. The number of aryl methyl sites for hydroxylation is 2. The lowest BCUT2D eigenvalue weighted by Crippen LogP contribution is -2.08. The third-order valence-corrected chi connectivity index (χ3v) is 3.18. The SMILES string of the molecule is CCc1cc(COc2cc(N)ccc2C(=O)OC)n(C)n1. The number of aromatic nitrogens is 2. The molecule has 0 aliphatic heterocycles. The maximum Gasteiger partial charge on any atom is 0.341 e. The fourth-order valence-corrected chi connectivity index (χ4v) is 1.97. The predicted octanol–water partition coefficient (Wildman–Crippen LogP) is 1.93. The van der Waals surface area contributed by atoms with Crippen LogP contribution in [0.25, 0.3) is 0 Å². The van der Waals surface area contributed by atoms with Gasteiger partial charge in [-0.3, -0.25) is 4.68 Å². The van der Waals surface area contributed by atoms with E-state index >= 15 is 0 Å². The van der Waals surface area contributed by atoms with Crippen LogP contribution in [0.4, 0.5) is 5.69 Å². The van der Waals surface area contributed by atoms with Crippen molar-refractivity contribution < 1.29 is 14.3 Å². The number of hydrogen-bond donors (Lipinski definition) is 1. The first kappa shape index (κ1) is 14.9. The number of carbonyl (C=O) groups is 1.